The van der Waals surface area contributed by atoms with E-state index in [9.17, 15) is 9.59 Å². The van der Waals surface area contributed by atoms with Crippen molar-refractivity contribution in [3.63, 3.8) is 0 Å². The molecule has 0 bridgehead atoms. The second kappa shape index (κ2) is 7.57. The zero-order valence-electron chi connectivity index (χ0n) is 14.9. The van der Waals surface area contributed by atoms with Gasteiger partial charge in [-0.15, -0.1) is 0 Å². The molecule has 8 heteroatoms. The molecule has 1 aromatic heterocycles. The van der Waals surface area contributed by atoms with Gasteiger partial charge < -0.3 is 20.7 Å². The first-order valence-electron chi connectivity index (χ1n) is 8.53. The third-order valence-corrected chi connectivity index (χ3v) is 4.56. The van der Waals surface area contributed by atoms with Crippen LogP contribution in [0.1, 0.15) is 19.8 Å². The van der Waals surface area contributed by atoms with Crippen LogP contribution in [0.25, 0.3) is 0 Å². The molecule has 1 aromatic carbocycles. The van der Waals surface area contributed by atoms with E-state index in [1.54, 1.807) is 29.1 Å². The predicted molar refractivity (Wildman–Crippen MR) is 98.2 cm³/mol. The second-order valence-electron chi connectivity index (χ2n) is 6.28. The smallest absolute Gasteiger partial charge is 0.252 e. The summed E-state index contributed by atoms with van der Waals surface area (Å²) in [7, 11) is 1.53. The molecule has 1 fully saturated rings. The third kappa shape index (κ3) is 3.55. The highest BCUT2D eigenvalue weighted by atomic mass is 16.5. The number of rotatable bonds is 5. The summed E-state index contributed by atoms with van der Waals surface area (Å²) < 4.78 is 6.99. The third-order valence-electron chi connectivity index (χ3n) is 4.56. The van der Waals surface area contributed by atoms with Crippen LogP contribution in [0.4, 0.5) is 11.4 Å². The molecule has 0 spiro atoms. The van der Waals surface area contributed by atoms with E-state index in [0.29, 0.717) is 30.0 Å². The maximum atomic E-state index is 13.2. The van der Waals surface area contributed by atoms with Crippen molar-refractivity contribution in [3.05, 3.63) is 36.7 Å². The number of amides is 2. The van der Waals surface area contributed by atoms with Gasteiger partial charge in [-0.05, 0) is 50.2 Å². The fraction of sp³-hybridized carbons (Fsp3) is 0.389. The van der Waals surface area contributed by atoms with E-state index < -0.39 is 5.54 Å². The van der Waals surface area contributed by atoms with Gasteiger partial charge in [-0.25, -0.2) is 0 Å². The molecule has 0 aliphatic carbocycles. The fourth-order valence-corrected chi connectivity index (χ4v) is 3.24. The summed E-state index contributed by atoms with van der Waals surface area (Å²) in [5, 5.41) is 13.3. The van der Waals surface area contributed by atoms with Crippen LogP contribution in [0.3, 0.4) is 0 Å². The van der Waals surface area contributed by atoms with Gasteiger partial charge in [0.05, 0.1) is 12.8 Å². The van der Waals surface area contributed by atoms with Gasteiger partial charge in [0, 0.05) is 25.0 Å². The molecule has 138 valence electrons. The number of carbonyl (C=O) groups excluding carboxylic acids is 2. The Bertz CT molecular complexity index is 782. The first kappa shape index (κ1) is 17.9. The van der Waals surface area contributed by atoms with Crippen molar-refractivity contribution in [2.24, 2.45) is 0 Å². The van der Waals surface area contributed by atoms with Gasteiger partial charge in [0.15, 0.2) is 0 Å². The monoisotopic (exact) mass is 357 g/mol. The maximum Gasteiger partial charge on any atom is 0.252 e. The highest BCUT2D eigenvalue weighted by Crippen LogP contribution is 2.31. The van der Waals surface area contributed by atoms with Crippen molar-refractivity contribution < 1.29 is 14.3 Å². The molecular formula is C18H23N5O3. The van der Waals surface area contributed by atoms with Crippen LogP contribution < -0.4 is 20.7 Å². The number of carbonyl (C=O) groups is 2. The highest BCUT2D eigenvalue weighted by Gasteiger charge is 2.42. The molecule has 26 heavy (non-hydrogen) atoms. The number of hydrogen-bond donors (Lipinski definition) is 3. The minimum Gasteiger partial charge on any atom is -0.495 e. The number of aromatic nitrogens is 2. The van der Waals surface area contributed by atoms with E-state index in [2.05, 4.69) is 21.0 Å². The molecule has 2 aromatic rings. The number of piperidine rings is 1. The number of anilines is 2. The summed E-state index contributed by atoms with van der Waals surface area (Å²) in [5.74, 6) is 0.196. The van der Waals surface area contributed by atoms with Crippen molar-refractivity contribution in [3.8, 4) is 5.75 Å². The maximum absolute atomic E-state index is 13.2. The largest absolute Gasteiger partial charge is 0.495 e. The van der Waals surface area contributed by atoms with Crippen LogP contribution in [0.2, 0.25) is 0 Å². The molecule has 2 heterocycles. The molecule has 1 aliphatic heterocycles. The molecule has 1 saturated heterocycles. The van der Waals surface area contributed by atoms with Crippen molar-refractivity contribution >= 4 is 23.2 Å². The molecule has 2 amide bonds. The van der Waals surface area contributed by atoms with Gasteiger partial charge in [0.25, 0.3) is 5.91 Å². The summed E-state index contributed by atoms with van der Waals surface area (Å²) in [6, 6.07) is 6.97. The molecule has 3 rings (SSSR count). The summed E-state index contributed by atoms with van der Waals surface area (Å²) in [6.07, 6.45) is 4.80. The summed E-state index contributed by atoms with van der Waals surface area (Å²) >= 11 is 0. The standard InChI is InChI=1S/C18H23N5O3/c1-13(24)21-15-12-14(4-5-16(15)26-2)22-17(25)18(6-9-19-10-7-18)23-11-3-8-20-23/h3-5,8,11-12,19H,6-7,9-10H2,1-2H3,(H,21,24)(H,22,25). The van der Waals surface area contributed by atoms with Crippen molar-refractivity contribution in [1.29, 1.82) is 0 Å². The van der Waals surface area contributed by atoms with E-state index >= 15 is 0 Å². The average molecular weight is 357 g/mol. The number of methoxy groups -OCH3 is 1. The molecule has 1 aliphatic rings. The molecule has 0 unspecified atom stereocenters. The zero-order chi connectivity index (χ0) is 18.6. The Morgan fingerprint density at radius 2 is 2.04 bits per heavy atom. The lowest BCUT2D eigenvalue weighted by atomic mass is 9.87. The number of nitrogens with one attached hydrogen (secondary N) is 3. The molecule has 0 atom stereocenters. The lowest BCUT2D eigenvalue weighted by molar-refractivity contribution is -0.126. The molecular weight excluding hydrogens is 334 g/mol. The molecule has 0 radical (unpaired) electrons. The molecule has 8 nitrogen and oxygen atoms in total. The van der Waals surface area contributed by atoms with Gasteiger partial charge in [-0.1, -0.05) is 0 Å². The predicted octanol–water partition coefficient (Wildman–Crippen LogP) is 1.57. The van der Waals surface area contributed by atoms with E-state index in [0.717, 1.165) is 13.1 Å². The lowest BCUT2D eigenvalue weighted by Gasteiger charge is -2.36. The van der Waals surface area contributed by atoms with Gasteiger partial charge in [-0.2, -0.15) is 5.10 Å². The Labute approximate surface area is 151 Å². The molecule has 0 saturated carbocycles. The summed E-state index contributed by atoms with van der Waals surface area (Å²) in [4.78, 5) is 24.6. The highest BCUT2D eigenvalue weighted by molar-refractivity contribution is 5.98. The number of benzene rings is 1. The SMILES string of the molecule is COc1ccc(NC(=O)C2(n3cccn3)CCNCC2)cc1NC(C)=O. The van der Waals surface area contributed by atoms with E-state index in [1.807, 2.05) is 12.3 Å². The van der Waals surface area contributed by atoms with Crippen LogP contribution in [-0.4, -0.2) is 41.8 Å². The summed E-state index contributed by atoms with van der Waals surface area (Å²) in [5.41, 5.74) is 0.365. The zero-order valence-corrected chi connectivity index (χ0v) is 14.9. The fourth-order valence-electron chi connectivity index (χ4n) is 3.24. The summed E-state index contributed by atoms with van der Waals surface area (Å²) in [6.45, 7) is 2.91. The first-order chi connectivity index (χ1) is 12.5. The quantitative estimate of drug-likeness (QED) is 0.755. The van der Waals surface area contributed by atoms with Gasteiger partial charge in [-0.3, -0.25) is 14.3 Å². The van der Waals surface area contributed by atoms with Crippen LogP contribution in [0.5, 0.6) is 5.75 Å². The topological polar surface area (TPSA) is 97.3 Å². The Kier molecular flexibility index (Phi) is 5.22. The minimum atomic E-state index is -0.733. The first-order valence-corrected chi connectivity index (χ1v) is 8.53. The average Bonchev–Trinajstić information content (AvgIpc) is 3.17. The van der Waals surface area contributed by atoms with Gasteiger partial charge in [0.1, 0.15) is 11.3 Å². The van der Waals surface area contributed by atoms with Crippen LogP contribution in [0, 0.1) is 0 Å². The van der Waals surface area contributed by atoms with Crippen molar-refractivity contribution in [2.45, 2.75) is 25.3 Å². The normalized spacial score (nSPS) is 15.9. The minimum absolute atomic E-state index is 0.123. The number of nitrogens with zero attached hydrogens (tertiary/aromatic N) is 2. The Hall–Kier alpha value is -2.87. The van der Waals surface area contributed by atoms with Crippen molar-refractivity contribution in [1.82, 2.24) is 15.1 Å². The molecule has 3 N–H and O–H groups in total. The van der Waals surface area contributed by atoms with E-state index in [4.69, 9.17) is 4.74 Å². The van der Waals surface area contributed by atoms with Crippen molar-refractivity contribution in [2.75, 3.05) is 30.8 Å². The Morgan fingerprint density at radius 1 is 1.27 bits per heavy atom. The van der Waals surface area contributed by atoms with E-state index in [1.165, 1.54) is 14.0 Å². The number of ether oxygens (including phenoxy) is 1. The lowest BCUT2D eigenvalue weighted by Crippen LogP contribution is -2.52. The van der Waals surface area contributed by atoms with E-state index in [-0.39, 0.29) is 11.8 Å². The van der Waals surface area contributed by atoms with Gasteiger partial charge in [0.2, 0.25) is 5.91 Å². The Balaban J connectivity index is 1.87. The number of hydrogen-bond acceptors (Lipinski definition) is 5. The Morgan fingerprint density at radius 3 is 2.65 bits per heavy atom. The van der Waals surface area contributed by atoms with Gasteiger partial charge >= 0.3 is 0 Å². The van der Waals surface area contributed by atoms with Crippen LogP contribution >= 0.6 is 0 Å². The van der Waals surface area contributed by atoms with Crippen LogP contribution in [-0.2, 0) is 15.1 Å². The van der Waals surface area contributed by atoms with Crippen LogP contribution in [0.15, 0.2) is 36.7 Å². The second-order valence-corrected chi connectivity index (χ2v) is 6.28.